The minimum absolute atomic E-state index is 0.135. The van der Waals surface area contributed by atoms with Crippen LogP contribution in [0.1, 0.15) is 6.92 Å². The normalized spacial score (nSPS) is 35.5. The van der Waals surface area contributed by atoms with E-state index in [1.807, 2.05) is 0 Å². The van der Waals surface area contributed by atoms with Gasteiger partial charge in [0.15, 0.2) is 0 Å². The summed E-state index contributed by atoms with van der Waals surface area (Å²) in [4.78, 5) is 0. The van der Waals surface area contributed by atoms with Gasteiger partial charge in [-0.1, -0.05) is 0 Å². The maximum absolute atomic E-state index is 11.0. The number of hydrogen-bond acceptors (Lipinski definition) is 2. The van der Waals surface area contributed by atoms with Crippen molar-refractivity contribution in [3.63, 3.8) is 0 Å². The fraction of sp³-hybridized carbons (Fsp3) is 0.429. The Kier molecular flexibility index (Phi) is 2.85. The van der Waals surface area contributed by atoms with Crippen molar-refractivity contribution in [2.24, 2.45) is 5.92 Å². The van der Waals surface area contributed by atoms with Crippen LogP contribution in [0.4, 0.5) is 0 Å². The van der Waals surface area contributed by atoms with Crippen LogP contribution >= 0.6 is 0 Å². The molecule has 2 atom stereocenters. The molecule has 0 saturated heterocycles. The molecule has 0 radical (unpaired) electrons. The van der Waals surface area contributed by atoms with Crippen LogP contribution in [0.25, 0.3) is 0 Å². The van der Waals surface area contributed by atoms with Gasteiger partial charge in [-0.2, -0.15) is 0 Å². The quantitative estimate of drug-likeness (QED) is 0.491. The minimum atomic E-state index is -3.95. The molecule has 2 unspecified atom stereocenters. The van der Waals surface area contributed by atoms with Gasteiger partial charge >= 0.3 is 90.2 Å². The Morgan fingerprint density at radius 2 is 2.08 bits per heavy atom. The molecule has 62 valence electrons. The van der Waals surface area contributed by atoms with E-state index >= 15 is 0 Å². The summed E-state index contributed by atoms with van der Waals surface area (Å²) in [6.07, 6.45) is 6.83. The van der Waals surface area contributed by atoms with E-state index in [0.717, 1.165) is 0 Å². The molecule has 0 aliphatic heterocycles. The van der Waals surface area contributed by atoms with Gasteiger partial charge in [0, 0.05) is 0 Å². The third kappa shape index (κ3) is 1.67. The van der Waals surface area contributed by atoms with Crippen molar-refractivity contribution in [1.29, 1.82) is 0 Å². The van der Waals surface area contributed by atoms with E-state index in [1.165, 1.54) is 0 Å². The van der Waals surface area contributed by atoms with E-state index < -0.39 is 12.1 Å². The molecule has 0 saturated carbocycles. The molecule has 0 amide bonds. The first-order valence-corrected chi connectivity index (χ1v) is 6.15. The van der Waals surface area contributed by atoms with Crippen LogP contribution in [-0.4, -0.2) is 42.9 Å². The maximum atomic E-state index is 11.0. The first kappa shape index (κ1) is 10.5. The van der Waals surface area contributed by atoms with Crippen LogP contribution in [0.3, 0.4) is 0 Å². The van der Waals surface area contributed by atoms with Gasteiger partial charge in [0.25, 0.3) is 0 Å². The Hall–Kier alpha value is 0.390. The van der Waals surface area contributed by atoms with Crippen molar-refractivity contribution in [3.8, 4) is 0 Å². The Labute approximate surface area is 89.7 Å². The topological polar surface area (TPSA) is 54.4 Å². The van der Waals surface area contributed by atoms with E-state index in [1.54, 1.807) is 31.2 Å². The molecule has 1 aliphatic carbocycles. The second-order valence-corrected chi connectivity index (χ2v) is 7.40. The van der Waals surface area contributed by atoms with Gasteiger partial charge in [-0.25, -0.2) is 0 Å². The standard InChI is InChI=1S/C7H9O3S.Na/c1-6-4-2-3-5-7(6)11(8,9)10;/h2-6H,1H3,(H,8,9,10);. The second kappa shape index (κ2) is 3.27. The molecule has 1 aliphatic rings. The summed E-state index contributed by atoms with van der Waals surface area (Å²) < 4.78 is 30.0. The molecule has 0 bridgehead atoms. The van der Waals surface area contributed by atoms with Gasteiger partial charge in [0.2, 0.25) is 0 Å². The third-order valence-electron chi connectivity index (χ3n) is 2.40. The third-order valence-corrected chi connectivity index (χ3v) is 6.81. The molecule has 3 nitrogen and oxygen atoms in total. The number of rotatable bonds is 1. The van der Waals surface area contributed by atoms with Crippen molar-refractivity contribution in [1.82, 2.24) is 0 Å². The van der Waals surface area contributed by atoms with Crippen molar-refractivity contribution in [2.45, 2.75) is 8.92 Å². The Balaban J connectivity index is 3.16. The molecule has 0 aromatic heterocycles. The van der Waals surface area contributed by atoms with Crippen molar-refractivity contribution >= 4 is 38.0 Å². The summed E-state index contributed by atoms with van der Waals surface area (Å²) >= 11 is 0.397. The summed E-state index contributed by atoms with van der Waals surface area (Å²) in [6.45, 7) is 1.79. The predicted octanol–water partition coefficient (Wildman–Crippen LogP) is 0.501. The molecular weight excluding hydrogens is 187 g/mol. The van der Waals surface area contributed by atoms with Crippen LogP contribution < -0.4 is 0 Å². The summed E-state index contributed by atoms with van der Waals surface area (Å²) in [5.41, 5.74) is 0. The molecule has 12 heavy (non-hydrogen) atoms. The molecule has 0 heterocycles. The molecule has 1 N–H and O–H groups in total. The Morgan fingerprint density at radius 1 is 1.50 bits per heavy atom. The predicted molar refractivity (Wildman–Crippen MR) is 47.5 cm³/mol. The first-order chi connectivity index (χ1) is 5.38. The van der Waals surface area contributed by atoms with E-state index in [-0.39, 0.29) is 5.92 Å². The summed E-state index contributed by atoms with van der Waals surface area (Å²) in [7, 11) is -3.95. The van der Waals surface area contributed by atoms with Gasteiger partial charge in [0.1, 0.15) is 0 Å². The van der Waals surface area contributed by atoms with Gasteiger partial charge in [-0.3, -0.25) is 0 Å². The average molecular weight is 196 g/mol. The van der Waals surface area contributed by atoms with Crippen molar-refractivity contribution in [3.05, 3.63) is 24.3 Å². The van der Waals surface area contributed by atoms with E-state index in [9.17, 15) is 8.42 Å². The van der Waals surface area contributed by atoms with E-state index in [4.69, 9.17) is 4.55 Å². The summed E-state index contributed by atoms with van der Waals surface area (Å²) in [5, 5.41) is 0. The summed E-state index contributed by atoms with van der Waals surface area (Å²) in [5.74, 6) is -0.135. The molecule has 0 aromatic rings. The van der Waals surface area contributed by atoms with Gasteiger partial charge in [0.05, 0.1) is 0 Å². The SMILES string of the molecule is CC1C=CC=C[C]1([Na])S(=O)(=O)O. The van der Waals surface area contributed by atoms with Crippen molar-refractivity contribution in [2.75, 3.05) is 0 Å². The molecule has 0 aromatic carbocycles. The van der Waals surface area contributed by atoms with Crippen molar-refractivity contribution < 1.29 is 13.0 Å². The Bertz CT molecular complexity index is 331. The molecule has 0 fully saturated rings. The number of hydrogen-bond donors (Lipinski definition) is 1. The van der Waals surface area contributed by atoms with E-state index in [0.29, 0.717) is 27.9 Å². The van der Waals surface area contributed by atoms with Gasteiger partial charge < -0.3 is 0 Å². The molecule has 0 spiro atoms. The van der Waals surface area contributed by atoms with Crippen LogP contribution in [0, 0.1) is 5.92 Å². The zero-order valence-electron chi connectivity index (χ0n) is 7.06. The summed E-state index contributed by atoms with van der Waals surface area (Å²) in [6, 6.07) is 0. The monoisotopic (exact) mass is 196 g/mol. The Morgan fingerprint density at radius 3 is 2.42 bits per heavy atom. The van der Waals surface area contributed by atoms with Crippen LogP contribution in [0.2, 0.25) is 0 Å². The van der Waals surface area contributed by atoms with Gasteiger partial charge in [-0.15, -0.1) is 0 Å². The van der Waals surface area contributed by atoms with Crippen LogP contribution in [-0.2, 0) is 10.1 Å². The zero-order valence-corrected chi connectivity index (χ0v) is 9.88. The molecular formula is C7H9NaO3S. The van der Waals surface area contributed by atoms with Crippen LogP contribution in [0.5, 0.6) is 0 Å². The molecule has 1 rings (SSSR count). The first-order valence-electron chi connectivity index (χ1n) is 3.71. The zero-order chi connectivity index (χ0) is 9.41. The van der Waals surface area contributed by atoms with Gasteiger partial charge in [-0.05, 0) is 0 Å². The fourth-order valence-electron chi connectivity index (χ4n) is 1.14. The second-order valence-electron chi connectivity index (χ2n) is 3.19. The van der Waals surface area contributed by atoms with Crippen LogP contribution in [0.15, 0.2) is 24.3 Å². The fourth-order valence-corrected chi connectivity index (χ4v) is 2.33. The number of allylic oxidation sites excluding steroid dienone is 3. The average Bonchev–Trinajstić information content (AvgIpc) is 1.93. The van der Waals surface area contributed by atoms with E-state index in [2.05, 4.69) is 0 Å². The molecule has 5 heteroatoms.